The Morgan fingerprint density at radius 1 is 1.27 bits per heavy atom. The van der Waals surface area contributed by atoms with E-state index in [9.17, 15) is 4.39 Å². The van der Waals surface area contributed by atoms with Gasteiger partial charge in [0.25, 0.3) is 0 Å². The highest BCUT2D eigenvalue weighted by atomic mass is 127. The molecule has 3 N–H and O–H groups in total. The number of hydrogen-bond donors (Lipinski definition) is 3. The third-order valence-electron chi connectivity index (χ3n) is 4.10. The molecule has 0 spiro atoms. The maximum atomic E-state index is 13.2. The quantitative estimate of drug-likeness (QED) is 0.295. The lowest BCUT2D eigenvalue weighted by atomic mass is 10.1. The smallest absolute Gasteiger partial charge is 0.191 e. The number of guanidine groups is 1. The minimum Gasteiger partial charge on any atom is -0.383 e. The molecule has 1 aromatic carbocycles. The van der Waals surface area contributed by atoms with Crippen LogP contribution in [-0.4, -0.2) is 69.8 Å². The highest BCUT2D eigenvalue weighted by molar-refractivity contribution is 14.0. The van der Waals surface area contributed by atoms with Crippen LogP contribution in [0.5, 0.6) is 0 Å². The number of likely N-dealkylation sites (N-methyl/N-ethyl adjacent to an activating group) is 1. The summed E-state index contributed by atoms with van der Waals surface area (Å²) in [5.74, 6) is 0.560. The van der Waals surface area contributed by atoms with Gasteiger partial charge in [0.05, 0.1) is 6.61 Å². The maximum absolute atomic E-state index is 13.2. The zero-order valence-electron chi connectivity index (χ0n) is 15.6. The van der Waals surface area contributed by atoms with E-state index >= 15 is 0 Å². The highest BCUT2D eigenvalue weighted by Gasteiger charge is 2.05. The number of benzene rings is 1. The van der Waals surface area contributed by atoms with E-state index in [1.807, 2.05) is 12.3 Å². The summed E-state index contributed by atoms with van der Waals surface area (Å²) in [4.78, 5) is 9.55. The number of aliphatic imine (C=N–C) groups is 1. The molecule has 0 saturated carbocycles. The van der Waals surface area contributed by atoms with Gasteiger partial charge in [0, 0.05) is 57.4 Å². The van der Waals surface area contributed by atoms with Crippen LogP contribution in [0.3, 0.4) is 0 Å². The van der Waals surface area contributed by atoms with Crippen LogP contribution in [0.25, 0.3) is 10.9 Å². The fourth-order valence-corrected chi connectivity index (χ4v) is 2.63. The second-order valence-electron chi connectivity index (χ2n) is 5.98. The van der Waals surface area contributed by atoms with Gasteiger partial charge in [-0.1, -0.05) is 0 Å². The van der Waals surface area contributed by atoms with Crippen LogP contribution in [-0.2, 0) is 11.2 Å². The molecule has 0 aliphatic heterocycles. The summed E-state index contributed by atoms with van der Waals surface area (Å²) >= 11 is 0. The van der Waals surface area contributed by atoms with E-state index in [4.69, 9.17) is 4.74 Å². The van der Waals surface area contributed by atoms with Gasteiger partial charge in [0.15, 0.2) is 5.96 Å². The Hall–Kier alpha value is -1.39. The summed E-state index contributed by atoms with van der Waals surface area (Å²) in [6, 6.07) is 4.83. The van der Waals surface area contributed by atoms with Crippen LogP contribution < -0.4 is 10.6 Å². The fraction of sp³-hybridized carbons (Fsp3) is 0.500. The summed E-state index contributed by atoms with van der Waals surface area (Å²) in [6.45, 7) is 4.12. The Morgan fingerprint density at radius 3 is 2.77 bits per heavy atom. The maximum Gasteiger partial charge on any atom is 0.191 e. The lowest BCUT2D eigenvalue weighted by Crippen LogP contribution is -2.42. The molecule has 0 radical (unpaired) electrons. The van der Waals surface area contributed by atoms with E-state index in [0.717, 1.165) is 61.6 Å². The van der Waals surface area contributed by atoms with Gasteiger partial charge in [-0.15, -0.1) is 24.0 Å². The minimum absolute atomic E-state index is 0. The first kappa shape index (κ1) is 22.7. The van der Waals surface area contributed by atoms with E-state index in [2.05, 4.69) is 32.6 Å². The van der Waals surface area contributed by atoms with Gasteiger partial charge in [-0.3, -0.25) is 4.99 Å². The molecule has 2 rings (SSSR count). The molecule has 146 valence electrons. The Labute approximate surface area is 171 Å². The van der Waals surface area contributed by atoms with E-state index in [0.29, 0.717) is 0 Å². The van der Waals surface area contributed by atoms with Gasteiger partial charge < -0.3 is 25.3 Å². The lowest BCUT2D eigenvalue weighted by molar-refractivity contribution is 0.162. The van der Waals surface area contributed by atoms with Crippen molar-refractivity contribution in [2.75, 3.05) is 54.0 Å². The predicted octanol–water partition coefficient (Wildman–Crippen LogP) is 2.21. The van der Waals surface area contributed by atoms with E-state index in [-0.39, 0.29) is 29.8 Å². The lowest BCUT2D eigenvalue weighted by Gasteiger charge is -2.17. The molecule has 0 amide bonds. The third-order valence-corrected chi connectivity index (χ3v) is 4.10. The number of methoxy groups -OCH3 is 1. The molecule has 2 aromatic rings. The average Bonchev–Trinajstić information content (AvgIpc) is 3.00. The van der Waals surface area contributed by atoms with Crippen molar-refractivity contribution in [2.45, 2.75) is 6.42 Å². The van der Waals surface area contributed by atoms with E-state index in [1.54, 1.807) is 14.2 Å². The Balaban J connectivity index is 0.00000338. The molecule has 8 heteroatoms. The summed E-state index contributed by atoms with van der Waals surface area (Å²) < 4.78 is 18.3. The monoisotopic (exact) mass is 477 g/mol. The summed E-state index contributed by atoms with van der Waals surface area (Å²) in [7, 11) is 5.54. The number of nitrogens with one attached hydrogen (secondary N) is 3. The molecule has 0 bridgehead atoms. The van der Waals surface area contributed by atoms with Crippen molar-refractivity contribution in [3.05, 3.63) is 35.8 Å². The van der Waals surface area contributed by atoms with Crippen molar-refractivity contribution in [1.29, 1.82) is 0 Å². The zero-order valence-corrected chi connectivity index (χ0v) is 18.0. The highest BCUT2D eigenvalue weighted by Crippen LogP contribution is 2.19. The van der Waals surface area contributed by atoms with Gasteiger partial charge in [-0.25, -0.2) is 4.39 Å². The summed E-state index contributed by atoms with van der Waals surface area (Å²) in [5.41, 5.74) is 1.99. The van der Waals surface area contributed by atoms with Crippen molar-refractivity contribution in [3.8, 4) is 0 Å². The van der Waals surface area contributed by atoms with E-state index < -0.39 is 0 Å². The number of rotatable bonds is 9. The molecule has 1 aromatic heterocycles. The third kappa shape index (κ3) is 7.08. The Kier molecular flexibility index (Phi) is 10.5. The fourth-order valence-electron chi connectivity index (χ4n) is 2.63. The van der Waals surface area contributed by atoms with Crippen molar-refractivity contribution in [1.82, 2.24) is 20.5 Å². The minimum atomic E-state index is -0.223. The van der Waals surface area contributed by atoms with Crippen molar-refractivity contribution in [3.63, 3.8) is 0 Å². The number of aromatic nitrogens is 1. The number of hydrogen-bond acceptors (Lipinski definition) is 3. The summed E-state index contributed by atoms with van der Waals surface area (Å²) in [6.07, 6.45) is 2.77. The molecule has 0 unspecified atom stereocenters. The largest absolute Gasteiger partial charge is 0.383 e. The first-order chi connectivity index (χ1) is 12.1. The molecular formula is C18H29FIN5O. The van der Waals surface area contributed by atoms with Crippen molar-refractivity contribution < 1.29 is 9.13 Å². The van der Waals surface area contributed by atoms with Gasteiger partial charge in [-0.2, -0.15) is 0 Å². The number of ether oxygens (including phenoxy) is 1. The second-order valence-corrected chi connectivity index (χ2v) is 5.98. The molecule has 1 heterocycles. The van der Waals surface area contributed by atoms with Crippen LogP contribution in [0.1, 0.15) is 5.56 Å². The van der Waals surface area contributed by atoms with Gasteiger partial charge >= 0.3 is 0 Å². The molecule has 26 heavy (non-hydrogen) atoms. The van der Waals surface area contributed by atoms with Crippen LogP contribution in [0.15, 0.2) is 29.4 Å². The first-order valence-corrected chi connectivity index (χ1v) is 8.51. The first-order valence-electron chi connectivity index (χ1n) is 8.51. The van der Waals surface area contributed by atoms with Crippen molar-refractivity contribution >= 4 is 40.8 Å². The number of fused-ring (bicyclic) bond motifs is 1. The number of aromatic amines is 1. The molecule has 0 atom stereocenters. The Morgan fingerprint density at radius 2 is 2.04 bits per heavy atom. The SMILES string of the molecule is CN=C(NCCc1c[nH]c2cc(F)ccc12)NCCN(C)CCOC.I. The van der Waals surface area contributed by atoms with Crippen molar-refractivity contribution in [2.24, 2.45) is 4.99 Å². The van der Waals surface area contributed by atoms with Crippen LogP contribution in [0, 0.1) is 5.82 Å². The molecule has 0 fully saturated rings. The summed E-state index contributed by atoms with van der Waals surface area (Å²) in [5, 5.41) is 7.67. The number of H-pyrrole nitrogens is 1. The van der Waals surface area contributed by atoms with Gasteiger partial charge in [0.1, 0.15) is 5.82 Å². The van der Waals surface area contributed by atoms with E-state index in [1.165, 1.54) is 12.1 Å². The predicted molar refractivity (Wildman–Crippen MR) is 116 cm³/mol. The van der Waals surface area contributed by atoms with Crippen LogP contribution in [0.2, 0.25) is 0 Å². The second kappa shape index (κ2) is 12.1. The number of nitrogens with zero attached hydrogens (tertiary/aromatic N) is 2. The van der Waals surface area contributed by atoms with Gasteiger partial charge in [-0.05, 0) is 37.2 Å². The molecule has 0 aliphatic rings. The Bertz CT molecular complexity index is 691. The zero-order chi connectivity index (χ0) is 18.1. The normalized spacial score (nSPS) is 11.7. The molecule has 0 aliphatic carbocycles. The standard InChI is InChI=1S/C18H28FN5O.HI/c1-20-18(22-8-9-24(2)10-11-25-3)21-7-6-14-13-23-17-12-15(19)4-5-16(14)17;/h4-5,12-13,23H,6-11H2,1-3H3,(H2,20,21,22);1H. The average molecular weight is 477 g/mol. The van der Waals surface area contributed by atoms with Crippen LogP contribution in [0.4, 0.5) is 4.39 Å². The van der Waals surface area contributed by atoms with Crippen LogP contribution >= 0.6 is 24.0 Å². The molecule has 6 nitrogen and oxygen atoms in total. The molecule has 0 saturated heterocycles. The topological polar surface area (TPSA) is 64.7 Å². The molecular weight excluding hydrogens is 448 g/mol. The number of halogens is 2. The van der Waals surface area contributed by atoms with Gasteiger partial charge in [0.2, 0.25) is 0 Å².